The summed E-state index contributed by atoms with van der Waals surface area (Å²) >= 11 is 1.16. The predicted molar refractivity (Wildman–Crippen MR) is 497 cm³/mol. The van der Waals surface area contributed by atoms with Crippen LogP contribution in [0.15, 0.2) is 310 Å². The summed E-state index contributed by atoms with van der Waals surface area (Å²) in [5.41, 5.74) is 14.0. The Morgan fingerprint density at radius 3 is 1.05 bits per heavy atom. The van der Waals surface area contributed by atoms with Crippen molar-refractivity contribution in [2.24, 2.45) is 5.92 Å². The smallest absolute Gasteiger partial charge is 0.306 e. The molecule has 3 aliphatic carbocycles. The number of aromatic nitrogens is 8. The summed E-state index contributed by atoms with van der Waals surface area (Å²) in [4.78, 5) is 95.5. The molecule has 22 nitrogen and oxygen atoms in total. The van der Waals surface area contributed by atoms with E-state index in [1.54, 1.807) is 24.3 Å². The molecule has 23 heteroatoms. The molecular weight excluding hydrogens is 1570 g/mol. The highest BCUT2D eigenvalue weighted by atomic mass is 32.2. The van der Waals surface area contributed by atoms with Crippen molar-refractivity contribution in [2.45, 2.75) is 110 Å². The number of fused-ring (bicyclic) bond motifs is 4. The van der Waals surface area contributed by atoms with Gasteiger partial charge in [0, 0.05) is 111 Å². The Hall–Kier alpha value is -14.7. The number of hydrogen-bond donors (Lipinski definition) is 5. The average molecular weight is 1670 g/mol. The van der Waals surface area contributed by atoms with E-state index in [-0.39, 0.29) is 45.6 Å². The van der Waals surface area contributed by atoms with Crippen LogP contribution in [0.25, 0.3) is 66.4 Å². The monoisotopic (exact) mass is 1660 g/mol. The zero-order valence-corrected chi connectivity index (χ0v) is 70.2. The quantitative estimate of drug-likeness (QED) is 0.0395. The molecule has 19 rings (SSSR count). The molecule has 622 valence electrons. The number of para-hydroxylation sites is 8. The number of rotatable bonds is 22. The van der Waals surface area contributed by atoms with E-state index in [0.29, 0.717) is 97.6 Å². The number of amides is 1. The number of carbonyl (C=O) groups is 2. The van der Waals surface area contributed by atoms with Gasteiger partial charge in [0.25, 0.3) is 5.24 Å². The Morgan fingerprint density at radius 2 is 0.694 bits per heavy atom. The lowest BCUT2D eigenvalue weighted by Crippen LogP contribution is -2.21. The van der Waals surface area contributed by atoms with Crippen molar-refractivity contribution in [1.82, 2.24) is 43.5 Å². The molecule has 3 fully saturated rings. The standard InChI is InChI=1S/C27H25N3O3.C26H24N4O2S.C26H25N3O2.C22H19N3O2/c1-18-14-23-27(22(28-18)17-33-26(32)15-19-12-13-19)24(31)16-25(29-20-8-4-2-5-9-20)30(23)21-10-6-3-7-11-21;1-17-14-22-25(21(27-17)16-33-26(32)29-19-12-13-19)23(31)15-24(28-18-8-4-2-5-9-18)30(22)20-10-6-3-7-11-20;1-18-16-22-25(26(27-18)31-21-14-8-9-15-21)23(30)17-24(28-19-10-4-2-5-11-19)29(22)20-12-6-3-7-13-20;1-15-13-18-21(22(23-15)27-2)19(26)14-20(24-16-9-5-3-6-10-16)25(18)17-11-7-4-8-12-17/h2-11,14,16,19,29H,12-13,15,17H2,1H3;2-11,14-15,19,28H,12-13,16H2,1H3,(H,29,32);2-7,10-13,16-17,21,28H,8-9,14-15H2,1H3;3-14,24H,1-2H3. The van der Waals surface area contributed by atoms with E-state index >= 15 is 0 Å². The third-order valence-corrected chi connectivity index (χ3v) is 22.1. The van der Waals surface area contributed by atoms with Crippen LogP contribution >= 0.6 is 11.8 Å². The number of aryl methyl sites for hydroxylation is 4. The third-order valence-electron chi connectivity index (χ3n) is 21.4. The summed E-state index contributed by atoms with van der Waals surface area (Å²) in [6, 6.07) is 93.3. The molecule has 0 bridgehead atoms. The van der Waals surface area contributed by atoms with Gasteiger partial charge in [0.2, 0.25) is 11.8 Å². The first-order chi connectivity index (χ1) is 60.5. The Balaban J connectivity index is 0.000000123. The van der Waals surface area contributed by atoms with Crippen LogP contribution in [0.4, 0.5) is 50.8 Å². The van der Waals surface area contributed by atoms with Crippen LogP contribution in [-0.2, 0) is 21.9 Å². The first-order valence-corrected chi connectivity index (χ1v) is 42.6. The average Bonchev–Trinajstić information content (AvgIpc) is 1.16. The summed E-state index contributed by atoms with van der Waals surface area (Å²) in [6.45, 7) is 7.61. The lowest BCUT2D eigenvalue weighted by Gasteiger charge is -2.21. The van der Waals surface area contributed by atoms with E-state index in [0.717, 1.165) is 148 Å². The van der Waals surface area contributed by atoms with Crippen molar-refractivity contribution in [1.29, 1.82) is 0 Å². The number of benzene rings is 8. The molecule has 5 N–H and O–H groups in total. The largest absolute Gasteiger partial charge is 0.480 e. The number of pyridine rings is 8. The van der Waals surface area contributed by atoms with E-state index in [1.807, 2.05) is 308 Å². The lowest BCUT2D eigenvalue weighted by atomic mass is 10.1. The number of thioether (sulfide) groups is 1. The molecule has 8 aromatic carbocycles. The fourth-order valence-electron chi connectivity index (χ4n) is 15.4. The van der Waals surface area contributed by atoms with Crippen LogP contribution in [0.1, 0.15) is 92.0 Å². The summed E-state index contributed by atoms with van der Waals surface area (Å²) in [7, 11) is 1.53. The molecule has 0 unspecified atom stereocenters. The molecule has 16 aromatic rings. The number of carbonyl (C=O) groups excluding carboxylic acids is 2. The van der Waals surface area contributed by atoms with Gasteiger partial charge in [-0.1, -0.05) is 157 Å². The number of hydrogen-bond acceptors (Lipinski definition) is 18. The van der Waals surface area contributed by atoms with Gasteiger partial charge in [-0.05, 0) is 206 Å². The van der Waals surface area contributed by atoms with Gasteiger partial charge < -0.3 is 40.8 Å². The van der Waals surface area contributed by atoms with E-state index in [1.165, 1.54) is 7.11 Å². The van der Waals surface area contributed by atoms with Gasteiger partial charge in [-0.2, -0.15) is 0 Å². The van der Waals surface area contributed by atoms with Gasteiger partial charge in [-0.25, -0.2) is 9.97 Å². The fraction of sp³-hybridized carbons (Fsp3) is 0.188. The van der Waals surface area contributed by atoms with Crippen LogP contribution in [0.5, 0.6) is 11.8 Å². The molecule has 0 atom stereocenters. The van der Waals surface area contributed by atoms with E-state index in [4.69, 9.17) is 14.2 Å². The second-order valence-electron chi connectivity index (χ2n) is 30.9. The van der Waals surface area contributed by atoms with Gasteiger partial charge in [-0.15, -0.1) is 0 Å². The molecule has 8 aromatic heterocycles. The summed E-state index contributed by atoms with van der Waals surface area (Å²) < 4.78 is 25.3. The van der Waals surface area contributed by atoms with Gasteiger partial charge in [0.1, 0.15) is 46.8 Å². The van der Waals surface area contributed by atoms with Crippen LogP contribution in [-0.4, -0.2) is 68.7 Å². The number of methoxy groups -OCH3 is 1. The minimum Gasteiger partial charge on any atom is -0.480 e. The minimum absolute atomic E-state index is 0.0147. The molecule has 0 radical (unpaired) electrons. The number of nitrogens with zero attached hydrogens (tertiary/aromatic N) is 8. The van der Waals surface area contributed by atoms with Gasteiger partial charge in [-0.3, -0.25) is 57.0 Å². The molecule has 0 saturated heterocycles. The minimum atomic E-state index is -0.236. The van der Waals surface area contributed by atoms with Crippen molar-refractivity contribution in [2.75, 3.05) is 28.4 Å². The van der Waals surface area contributed by atoms with Crippen molar-refractivity contribution in [3.8, 4) is 34.5 Å². The first kappa shape index (κ1) is 83.0. The van der Waals surface area contributed by atoms with Gasteiger partial charge >= 0.3 is 5.97 Å². The molecule has 8 heterocycles. The Morgan fingerprint density at radius 1 is 0.379 bits per heavy atom. The molecule has 124 heavy (non-hydrogen) atoms. The second-order valence-corrected chi connectivity index (χ2v) is 31.8. The van der Waals surface area contributed by atoms with Crippen molar-refractivity contribution < 1.29 is 23.8 Å². The highest BCUT2D eigenvalue weighted by Gasteiger charge is 2.29. The number of ether oxygens (including phenoxy) is 3. The van der Waals surface area contributed by atoms with Crippen LogP contribution in [0.3, 0.4) is 0 Å². The summed E-state index contributed by atoms with van der Waals surface area (Å²) in [5, 5.41) is 18.5. The zero-order valence-electron chi connectivity index (χ0n) is 69.4. The zero-order chi connectivity index (χ0) is 85.6. The van der Waals surface area contributed by atoms with Crippen molar-refractivity contribution >= 4 is 113 Å². The van der Waals surface area contributed by atoms with Crippen LogP contribution in [0.2, 0.25) is 0 Å². The molecule has 0 aliphatic heterocycles. The number of nitrogens with one attached hydrogen (secondary N) is 5. The molecule has 0 spiro atoms. The molecule has 3 saturated carbocycles. The SMILES string of the molecule is COc1nc(C)cc2c1c(=O)cc(Nc1ccccc1)n2-c1ccccc1.Cc1cc2c(c(COC(=O)CC3CC3)n1)c(=O)cc(Nc1ccccc1)n2-c1ccccc1.Cc1cc2c(c(CSC(=O)NC3CC3)n1)c(=O)cc(Nc1ccccc1)n2-c1ccccc1.Cc1cc2c(c(OC3CCCC3)n1)c(=O)cc(Nc1ccccc1)n2-c1ccccc1. The third kappa shape index (κ3) is 20.0. The maximum absolute atomic E-state index is 13.3. The lowest BCUT2D eigenvalue weighted by molar-refractivity contribution is -0.145. The van der Waals surface area contributed by atoms with Gasteiger partial charge in [0.05, 0.1) is 51.3 Å². The molecular formula is C101H93N13O9S. The topological polar surface area (TPSA) is 262 Å². The normalized spacial score (nSPS) is 12.8. The Bertz CT molecular complexity index is 6560. The van der Waals surface area contributed by atoms with Crippen LogP contribution in [0, 0.1) is 33.6 Å². The molecule has 3 aliphatic rings. The molecule has 1 amide bonds. The highest BCUT2D eigenvalue weighted by Crippen LogP contribution is 2.37. The Kier molecular flexibility index (Phi) is 25.7. The predicted octanol–water partition coefficient (Wildman–Crippen LogP) is 21.0. The van der Waals surface area contributed by atoms with Crippen molar-refractivity contribution in [3.05, 3.63) is 366 Å². The van der Waals surface area contributed by atoms with E-state index in [9.17, 15) is 28.8 Å². The highest BCUT2D eigenvalue weighted by molar-refractivity contribution is 8.12. The first-order valence-electron chi connectivity index (χ1n) is 41.6. The van der Waals surface area contributed by atoms with Gasteiger partial charge in [0.15, 0.2) is 21.7 Å². The maximum atomic E-state index is 13.3. The number of anilines is 8. The maximum Gasteiger partial charge on any atom is 0.306 e. The van der Waals surface area contributed by atoms with E-state index < -0.39 is 0 Å². The van der Waals surface area contributed by atoms with E-state index in [2.05, 4.69) is 51.1 Å². The summed E-state index contributed by atoms with van der Waals surface area (Å²) in [5.74, 6) is 4.03. The fourth-order valence-corrected chi connectivity index (χ4v) is 16.1. The van der Waals surface area contributed by atoms with Crippen LogP contribution < -0.4 is 57.8 Å². The Labute approximate surface area is 720 Å². The number of esters is 1. The summed E-state index contributed by atoms with van der Waals surface area (Å²) in [6.07, 6.45) is 9.15. The van der Waals surface area contributed by atoms with Crippen molar-refractivity contribution in [3.63, 3.8) is 0 Å². The second kappa shape index (κ2) is 38.3.